The summed E-state index contributed by atoms with van der Waals surface area (Å²) in [6.45, 7) is 1.82. The lowest BCUT2D eigenvalue weighted by Gasteiger charge is -2.21. The van der Waals surface area contributed by atoms with E-state index >= 15 is 0 Å². The molecule has 0 unspecified atom stereocenters. The Morgan fingerprint density at radius 3 is 2.78 bits per heavy atom. The van der Waals surface area contributed by atoms with E-state index in [4.69, 9.17) is 16.6 Å². The van der Waals surface area contributed by atoms with Crippen LogP contribution < -0.4 is 5.56 Å². The minimum Gasteiger partial charge on any atom is -0.301 e. The average molecular weight is 418 g/mol. The maximum absolute atomic E-state index is 13.3. The van der Waals surface area contributed by atoms with Gasteiger partial charge in [0, 0.05) is 23.0 Å². The van der Waals surface area contributed by atoms with E-state index in [0.29, 0.717) is 16.0 Å². The molecule has 1 aliphatic rings. The van der Waals surface area contributed by atoms with Gasteiger partial charge < -0.3 is 4.90 Å². The molecule has 0 fully saturated rings. The van der Waals surface area contributed by atoms with E-state index in [9.17, 15) is 4.79 Å². The van der Waals surface area contributed by atoms with E-state index in [1.54, 1.807) is 11.3 Å². The summed E-state index contributed by atoms with van der Waals surface area (Å²) in [4.78, 5) is 22.4. The van der Waals surface area contributed by atoms with E-state index in [-0.39, 0.29) is 5.56 Å². The van der Waals surface area contributed by atoms with Crippen LogP contribution in [-0.2, 0) is 13.0 Å². The van der Waals surface area contributed by atoms with Gasteiger partial charge in [-0.25, -0.2) is 4.98 Å². The minimum absolute atomic E-state index is 0.0833. The van der Waals surface area contributed by atoms with E-state index in [0.717, 1.165) is 41.0 Å². The van der Waals surface area contributed by atoms with Crippen molar-refractivity contribution in [1.82, 2.24) is 24.1 Å². The van der Waals surface area contributed by atoms with Crippen LogP contribution in [0.15, 0.2) is 34.2 Å². The Morgan fingerprint density at radius 2 is 2.04 bits per heavy atom. The van der Waals surface area contributed by atoms with Crippen molar-refractivity contribution < 1.29 is 0 Å². The molecular formula is C18H16ClN5OS2. The molecule has 3 aromatic heterocycles. The molecule has 0 saturated carbocycles. The zero-order valence-electron chi connectivity index (χ0n) is 14.8. The molecule has 4 heterocycles. The van der Waals surface area contributed by atoms with Gasteiger partial charge in [0.2, 0.25) is 5.78 Å². The van der Waals surface area contributed by atoms with Gasteiger partial charge in [-0.3, -0.25) is 9.36 Å². The second-order valence-electron chi connectivity index (χ2n) is 6.60. The predicted molar refractivity (Wildman–Crippen MR) is 111 cm³/mol. The number of aromatic nitrogens is 4. The maximum atomic E-state index is 13.3. The van der Waals surface area contributed by atoms with Crippen molar-refractivity contribution in [2.75, 3.05) is 19.8 Å². The first-order valence-electron chi connectivity index (χ1n) is 8.51. The smallest absolute Gasteiger partial charge is 0.284 e. The molecule has 138 valence electrons. The number of halogens is 1. The van der Waals surface area contributed by atoms with Crippen molar-refractivity contribution in [3.63, 3.8) is 0 Å². The molecule has 0 bridgehead atoms. The molecule has 0 spiro atoms. The molecule has 1 aliphatic heterocycles. The largest absolute Gasteiger partial charge is 0.301 e. The molecule has 27 heavy (non-hydrogen) atoms. The SMILES string of the molecule is CSc1nn2c(=O)c3c4c(sc3nc2n1-c1ccc(Cl)cc1)CN(C)CC4. The molecule has 0 aliphatic carbocycles. The van der Waals surface area contributed by atoms with E-state index in [1.807, 2.05) is 35.1 Å². The Morgan fingerprint density at radius 1 is 1.26 bits per heavy atom. The van der Waals surface area contributed by atoms with Crippen molar-refractivity contribution in [3.05, 3.63) is 50.1 Å². The maximum Gasteiger partial charge on any atom is 0.284 e. The van der Waals surface area contributed by atoms with Crippen molar-refractivity contribution >= 4 is 50.7 Å². The molecule has 0 atom stereocenters. The lowest BCUT2D eigenvalue weighted by Crippen LogP contribution is -2.26. The lowest BCUT2D eigenvalue weighted by molar-refractivity contribution is 0.318. The Hall–Kier alpha value is -1.87. The van der Waals surface area contributed by atoms with Crippen LogP contribution in [0.5, 0.6) is 0 Å². The normalized spacial score (nSPS) is 14.9. The molecule has 0 radical (unpaired) electrons. The van der Waals surface area contributed by atoms with Gasteiger partial charge in [-0.2, -0.15) is 4.52 Å². The Balaban J connectivity index is 1.84. The standard InChI is InChI=1S/C18H16ClN5OS2/c1-22-8-7-12-13(9-22)27-15-14(12)16(25)24-17(20-15)23(18(21-24)26-2)11-5-3-10(19)4-6-11/h3-6H,7-9H2,1-2H3. The molecule has 6 nitrogen and oxygen atoms in total. The number of fused-ring (bicyclic) bond motifs is 4. The van der Waals surface area contributed by atoms with Crippen LogP contribution in [-0.4, -0.2) is 43.9 Å². The summed E-state index contributed by atoms with van der Waals surface area (Å²) in [5.41, 5.74) is 1.94. The molecule has 9 heteroatoms. The zero-order valence-corrected chi connectivity index (χ0v) is 17.2. The highest BCUT2D eigenvalue weighted by Gasteiger charge is 2.25. The van der Waals surface area contributed by atoms with Crippen LogP contribution >= 0.6 is 34.7 Å². The van der Waals surface area contributed by atoms with Gasteiger partial charge in [0.15, 0.2) is 5.16 Å². The van der Waals surface area contributed by atoms with Crippen LogP contribution in [0.25, 0.3) is 21.7 Å². The predicted octanol–water partition coefficient (Wildman–Crippen LogP) is 3.46. The average Bonchev–Trinajstić information content (AvgIpc) is 3.20. The molecular weight excluding hydrogens is 402 g/mol. The Labute approximate surface area is 168 Å². The van der Waals surface area contributed by atoms with Gasteiger partial charge >= 0.3 is 0 Å². The highest BCUT2D eigenvalue weighted by molar-refractivity contribution is 7.98. The number of thiophene rings is 1. The summed E-state index contributed by atoms with van der Waals surface area (Å²) in [5.74, 6) is 0.533. The van der Waals surface area contributed by atoms with Crippen molar-refractivity contribution in [2.24, 2.45) is 0 Å². The molecule has 0 N–H and O–H groups in total. The fourth-order valence-corrected chi connectivity index (χ4v) is 5.49. The number of hydrogen-bond acceptors (Lipinski definition) is 6. The quantitative estimate of drug-likeness (QED) is 0.467. The third kappa shape index (κ3) is 2.62. The summed E-state index contributed by atoms with van der Waals surface area (Å²) >= 11 is 9.14. The van der Waals surface area contributed by atoms with Crippen molar-refractivity contribution in [1.29, 1.82) is 0 Å². The van der Waals surface area contributed by atoms with Gasteiger partial charge in [0.25, 0.3) is 5.56 Å². The second-order valence-corrected chi connectivity index (χ2v) is 8.89. The third-order valence-corrected chi connectivity index (χ3v) is 6.86. The van der Waals surface area contributed by atoms with Gasteiger partial charge in [-0.05, 0) is 49.6 Å². The number of likely N-dealkylation sites (N-methyl/N-ethyl adjacent to an activating group) is 1. The summed E-state index contributed by atoms with van der Waals surface area (Å²) in [6, 6.07) is 7.48. The fourth-order valence-electron chi connectivity index (χ4n) is 3.55. The number of thioether (sulfide) groups is 1. The van der Waals surface area contributed by atoms with Crippen LogP contribution in [0.1, 0.15) is 10.4 Å². The number of benzene rings is 1. The second kappa shape index (κ2) is 6.34. The van der Waals surface area contributed by atoms with Crippen molar-refractivity contribution in [2.45, 2.75) is 18.1 Å². The van der Waals surface area contributed by atoms with Gasteiger partial charge in [0.1, 0.15) is 4.83 Å². The Kier molecular flexibility index (Phi) is 4.05. The van der Waals surface area contributed by atoms with E-state index < -0.39 is 0 Å². The topological polar surface area (TPSA) is 55.4 Å². The van der Waals surface area contributed by atoms with Crippen LogP contribution in [0.3, 0.4) is 0 Å². The third-order valence-electron chi connectivity index (χ3n) is 4.87. The van der Waals surface area contributed by atoms with E-state index in [2.05, 4.69) is 17.0 Å². The number of nitrogens with zero attached hydrogens (tertiary/aromatic N) is 5. The molecule has 0 saturated heterocycles. The van der Waals surface area contributed by atoms with Gasteiger partial charge in [0.05, 0.1) is 11.1 Å². The van der Waals surface area contributed by atoms with E-state index in [1.165, 1.54) is 21.2 Å². The van der Waals surface area contributed by atoms with Gasteiger partial charge in [-0.1, -0.05) is 23.4 Å². The molecule has 5 rings (SSSR count). The Bertz CT molecular complexity index is 1240. The highest BCUT2D eigenvalue weighted by atomic mass is 35.5. The molecule has 0 amide bonds. The number of hydrogen-bond donors (Lipinski definition) is 0. The van der Waals surface area contributed by atoms with Gasteiger partial charge in [-0.15, -0.1) is 16.4 Å². The summed E-state index contributed by atoms with van der Waals surface area (Å²) in [5, 5.41) is 6.66. The monoisotopic (exact) mass is 417 g/mol. The number of rotatable bonds is 2. The first-order chi connectivity index (χ1) is 13.1. The summed E-state index contributed by atoms with van der Waals surface area (Å²) in [6.07, 6.45) is 2.82. The first kappa shape index (κ1) is 17.2. The summed E-state index contributed by atoms with van der Waals surface area (Å²) in [7, 11) is 2.10. The van der Waals surface area contributed by atoms with Crippen LogP contribution in [0.2, 0.25) is 5.02 Å². The summed E-state index contributed by atoms with van der Waals surface area (Å²) < 4.78 is 3.35. The highest BCUT2D eigenvalue weighted by Crippen LogP contribution is 2.33. The molecule has 1 aromatic carbocycles. The molecule has 4 aromatic rings. The van der Waals surface area contributed by atoms with Crippen LogP contribution in [0.4, 0.5) is 0 Å². The zero-order chi connectivity index (χ0) is 18.7. The fraction of sp³-hybridized carbons (Fsp3) is 0.278. The van der Waals surface area contributed by atoms with Crippen LogP contribution in [0, 0.1) is 0 Å². The lowest BCUT2D eigenvalue weighted by atomic mass is 10.1. The minimum atomic E-state index is -0.0833. The first-order valence-corrected chi connectivity index (χ1v) is 10.9. The van der Waals surface area contributed by atoms with Crippen molar-refractivity contribution in [3.8, 4) is 5.69 Å².